The first-order valence-corrected chi connectivity index (χ1v) is 11.6. The molecule has 0 saturated carbocycles. The summed E-state index contributed by atoms with van der Waals surface area (Å²) in [4.78, 5) is 25.2. The fourth-order valence-electron chi connectivity index (χ4n) is 4.22. The fourth-order valence-corrected chi connectivity index (χ4v) is 4.22. The Hall–Kier alpha value is -4.11. The highest BCUT2D eigenvalue weighted by Crippen LogP contribution is 2.32. The van der Waals surface area contributed by atoms with E-state index in [0.717, 1.165) is 17.0 Å². The van der Waals surface area contributed by atoms with Gasteiger partial charge in [0.15, 0.2) is 0 Å². The average molecular weight is 488 g/mol. The Bertz CT molecular complexity index is 1480. The number of hydrogen-bond acceptors (Lipinski definition) is 5. The van der Waals surface area contributed by atoms with Crippen molar-refractivity contribution < 1.29 is 13.9 Å². The van der Waals surface area contributed by atoms with Crippen LogP contribution in [0.15, 0.2) is 59.4 Å². The molecule has 2 N–H and O–H groups in total. The number of halogens is 1. The van der Waals surface area contributed by atoms with E-state index in [1.54, 1.807) is 28.9 Å². The molecule has 1 aliphatic rings. The van der Waals surface area contributed by atoms with Crippen LogP contribution in [0.1, 0.15) is 39.8 Å². The van der Waals surface area contributed by atoms with Crippen LogP contribution in [0.5, 0.6) is 0 Å². The van der Waals surface area contributed by atoms with Crippen molar-refractivity contribution in [1.82, 2.24) is 20.0 Å². The molecule has 4 aromatic rings. The van der Waals surface area contributed by atoms with Gasteiger partial charge < -0.3 is 10.1 Å². The van der Waals surface area contributed by atoms with Crippen molar-refractivity contribution in [2.45, 2.75) is 25.7 Å². The maximum atomic E-state index is 14.6. The van der Waals surface area contributed by atoms with E-state index in [1.165, 1.54) is 12.1 Å². The SMILES string of the molecule is Cc1cc(Cc2cc(-c3ccc(F)c(NC(=O)c4ccc(C5(C)COC5)cc4)c3)n[nH]c2=O)nn1C. The number of carbonyl (C=O) groups excluding carboxylic acids is 1. The first-order chi connectivity index (χ1) is 17.2. The van der Waals surface area contributed by atoms with Gasteiger partial charge in [-0.3, -0.25) is 14.3 Å². The van der Waals surface area contributed by atoms with Crippen LogP contribution in [0.3, 0.4) is 0 Å². The zero-order valence-corrected chi connectivity index (χ0v) is 20.3. The van der Waals surface area contributed by atoms with E-state index in [-0.39, 0.29) is 16.7 Å². The second-order valence-corrected chi connectivity index (χ2v) is 9.46. The number of anilines is 1. The molecular formula is C27H26FN5O3. The molecule has 3 heterocycles. The summed E-state index contributed by atoms with van der Waals surface area (Å²) in [6.45, 7) is 5.35. The van der Waals surface area contributed by atoms with Gasteiger partial charge in [-0.25, -0.2) is 9.49 Å². The minimum Gasteiger partial charge on any atom is -0.379 e. The number of carbonyl (C=O) groups is 1. The monoisotopic (exact) mass is 487 g/mol. The van der Waals surface area contributed by atoms with Crippen LogP contribution in [-0.2, 0) is 23.6 Å². The number of aromatic amines is 1. The van der Waals surface area contributed by atoms with Gasteiger partial charge in [0.05, 0.1) is 30.3 Å². The van der Waals surface area contributed by atoms with Crippen molar-refractivity contribution in [2.75, 3.05) is 18.5 Å². The van der Waals surface area contributed by atoms with E-state index in [4.69, 9.17) is 4.74 Å². The van der Waals surface area contributed by atoms with Gasteiger partial charge in [-0.15, -0.1) is 0 Å². The van der Waals surface area contributed by atoms with Crippen molar-refractivity contribution in [2.24, 2.45) is 7.05 Å². The lowest BCUT2D eigenvalue weighted by Gasteiger charge is -2.38. The van der Waals surface area contributed by atoms with Crippen molar-refractivity contribution in [1.29, 1.82) is 0 Å². The van der Waals surface area contributed by atoms with Gasteiger partial charge in [-0.2, -0.15) is 10.2 Å². The molecule has 2 aromatic heterocycles. The summed E-state index contributed by atoms with van der Waals surface area (Å²) in [5, 5.41) is 13.7. The zero-order valence-electron chi connectivity index (χ0n) is 20.3. The third-order valence-electron chi connectivity index (χ3n) is 6.61. The van der Waals surface area contributed by atoms with Gasteiger partial charge in [0.1, 0.15) is 5.82 Å². The third kappa shape index (κ3) is 4.57. The Morgan fingerprint density at radius 3 is 2.56 bits per heavy atom. The second-order valence-electron chi connectivity index (χ2n) is 9.46. The number of hydrogen-bond donors (Lipinski definition) is 2. The molecule has 0 bridgehead atoms. The van der Waals surface area contributed by atoms with Crippen molar-refractivity contribution >= 4 is 11.6 Å². The highest BCUT2D eigenvalue weighted by atomic mass is 19.1. The Labute approximate surface area is 207 Å². The number of nitrogens with one attached hydrogen (secondary N) is 2. The molecule has 1 aliphatic heterocycles. The molecule has 0 unspecified atom stereocenters. The number of aromatic nitrogens is 4. The van der Waals surface area contributed by atoms with Crippen LogP contribution >= 0.6 is 0 Å². The van der Waals surface area contributed by atoms with Crippen LogP contribution in [0.2, 0.25) is 0 Å². The average Bonchev–Trinajstić information content (AvgIpc) is 3.17. The highest BCUT2D eigenvalue weighted by Gasteiger charge is 2.35. The lowest BCUT2D eigenvalue weighted by atomic mass is 9.80. The Morgan fingerprint density at radius 2 is 1.92 bits per heavy atom. The summed E-state index contributed by atoms with van der Waals surface area (Å²) in [5.41, 5.74) is 4.42. The summed E-state index contributed by atoms with van der Waals surface area (Å²) >= 11 is 0. The van der Waals surface area contributed by atoms with Crippen LogP contribution in [-0.4, -0.2) is 39.1 Å². The van der Waals surface area contributed by atoms with Gasteiger partial charge in [0.2, 0.25) is 0 Å². The molecule has 184 valence electrons. The summed E-state index contributed by atoms with van der Waals surface area (Å²) in [6.07, 6.45) is 0.332. The Morgan fingerprint density at radius 1 is 1.17 bits per heavy atom. The predicted octanol–water partition coefficient (Wildman–Crippen LogP) is 3.75. The molecular weight excluding hydrogens is 461 g/mol. The zero-order chi connectivity index (χ0) is 25.4. The molecule has 1 fully saturated rings. The molecule has 36 heavy (non-hydrogen) atoms. The number of nitrogens with zero attached hydrogens (tertiary/aromatic N) is 3. The van der Waals surface area contributed by atoms with E-state index in [2.05, 4.69) is 27.5 Å². The molecule has 5 rings (SSSR count). The maximum Gasteiger partial charge on any atom is 0.267 e. The molecule has 0 spiro atoms. The van der Waals surface area contributed by atoms with E-state index < -0.39 is 11.7 Å². The summed E-state index contributed by atoms with van der Waals surface area (Å²) in [6, 6.07) is 15.2. The number of aryl methyl sites for hydroxylation is 2. The molecule has 1 saturated heterocycles. The number of benzene rings is 2. The lowest BCUT2D eigenvalue weighted by molar-refractivity contribution is -0.0500. The molecule has 2 aromatic carbocycles. The second kappa shape index (κ2) is 9.16. The topological polar surface area (TPSA) is 102 Å². The van der Waals surface area contributed by atoms with Crippen LogP contribution in [0, 0.1) is 12.7 Å². The number of ether oxygens (including phenoxy) is 1. The fraction of sp³-hybridized carbons (Fsp3) is 0.259. The van der Waals surface area contributed by atoms with E-state index in [0.29, 0.717) is 42.0 Å². The van der Waals surface area contributed by atoms with E-state index in [9.17, 15) is 14.0 Å². The first kappa shape index (κ1) is 23.6. The van der Waals surface area contributed by atoms with Gasteiger partial charge in [0, 0.05) is 41.3 Å². The van der Waals surface area contributed by atoms with Gasteiger partial charge in [0.25, 0.3) is 11.5 Å². The van der Waals surface area contributed by atoms with Gasteiger partial charge >= 0.3 is 0 Å². The summed E-state index contributed by atoms with van der Waals surface area (Å²) in [7, 11) is 1.84. The molecule has 0 radical (unpaired) electrons. The van der Waals surface area contributed by atoms with E-state index in [1.807, 2.05) is 32.2 Å². The molecule has 0 aliphatic carbocycles. The number of H-pyrrole nitrogens is 1. The van der Waals surface area contributed by atoms with E-state index >= 15 is 0 Å². The minimum absolute atomic E-state index is 0.0239. The number of rotatable bonds is 6. The van der Waals surface area contributed by atoms with Crippen LogP contribution in [0.4, 0.5) is 10.1 Å². The van der Waals surface area contributed by atoms with Gasteiger partial charge in [-0.05, 0) is 55.0 Å². The third-order valence-corrected chi connectivity index (χ3v) is 6.61. The number of amides is 1. The minimum atomic E-state index is -0.573. The normalized spacial score (nSPS) is 14.3. The van der Waals surface area contributed by atoms with Crippen LogP contribution in [0.25, 0.3) is 11.3 Å². The summed E-state index contributed by atoms with van der Waals surface area (Å²) < 4.78 is 21.6. The predicted molar refractivity (Wildman–Crippen MR) is 134 cm³/mol. The first-order valence-electron chi connectivity index (χ1n) is 11.6. The Balaban J connectivity index is 1.37. The molecule has 8 nitrogen and oxygen atoms in total. The standard InChI is InChI=1S/C27H26FN5O3/c1-16-10-21(32-33(16)3)11-19-13-23(30-31-26(19)35)18-6-9-22(28)24(12-18)29-25(34)17-4-7-20(8-5-17)27(2)14-36-15-27/h4-10,12-13H,11,14-15H2,1-3H3,(H,29,34)(H,31,35). The smallest absolute Gasteiger partial charge is 0.267 e. The highest BCUT2D eigenvalue weighted by molar-refractivity contribution is 6.04. The van der Waals surface area contributed by atoms with Crippen molar-refractivity contribution in [3.05, 3.63) is 98.8 Å². The maximum absolute atomic E-state index is 14.6. The quantitative estimate of drug-likeness (QED) is 0.431. The van der Waals surface area contributed by atoms with Crippen molar-refractivity contribution in [3.63, 3.8) is 0 Å². The molecule has 9 heteroatoms. The molecule has 1 amide bonds. The summed E-state index contributed by atoms with van der Waals surface area (Å²) in [5.74, 6) is -0.996. The Kier molecular flexibility index (Phi) is 6.01. The van der Waals surface area contributed by atoms with Crippen LogP contribution < -0.4 is 10.9 Å². The van der Waals surface area contributed by atoms with Crippen molar-refractivity contribution in [3.8, 4) is 11.3 Å². The van der Waals surface area contributed by atoms with Gasteiger partial charge in [-0.1, -0.05) is 19.1 Å². The molecule has 0 atom stereocenters. The lowest BCUT2D eigenvalue weighted by Crippen LogP contribution is -2.43. The largest absolute Gasteiger partial charge is 0.379 e.